The Morgan fingerprint density at radius 2 is 2.26 bits per heavy atom. The second-order valence-electron chi connectivity index (χ2n) is 6.65. The van der Waals surface area contributed by atoms with E-state index < -0.39 is 0 Å². The van der Waals surface area contributed by atoms with Gasteiger partial charge in [-0.3, -0.25) is 9.48 Å². The van der Waals surface area contributed by atoms with Crippen LogP contribution in [-0.4, -0.2) is 44.9 Å². The Kier molecular flexibility index (Phi) is 4.73. The fraction of sp³-hybridized carbons (Fsp3) is 0.647. The molecule has 3 heterocycles. The summed E-state index contributed by atoms with van der Waals surface area (Å²) in [4.78, 5) is 16.8. The number of amides is 1. The SMILES string of the molecule is CC(C)c1nn(C)c2sc(C(=O)N3CCCCC3CCO)cc12. The molecule has 1 atom stereocenters. The summed E-state index contributed by atoms with van der Waals surface area (Å²) in [5, 5.41) is 14.9. The van der Waals surface area contributed by atoms with Crippen molar-refractivity contribution in [1.82, 2.24) is 14.7 Å². The van der Waals surface area contributed by atoms with Gasteiger partial charge in [0.15, 0.2) is 0 Å². The third kappa shape index (κ3) is 3.02. The van der Waals surface area contributed by atoms with Crippen LogP contribution in [0.1, 0.15) is 60.8 Å². The minimum atomic E-state index is 0.110. The van der Waals surface area contributed by atoms with Crippen LogP contribution in [-0.2, 0) is 7.05 Å². The van der Waals surface area contributed by atoms with Crippen LogP contribution in [0.5, 0.6) is 0 Å². The average Bonchev–Trinajstić information content (AvgIpc) is 3.08. The van der Waals surface area contributed by atoms with E-state index in [0.717, 1.165) is 46.6 Å². The number of aliphatic hydroxyl groups is 1. The van der Waals surface area contributed by atoms with Crippen LogP contribution in [0.25, 0.3) is 10.2 Å². The molecule has 2 aromatic heterocycles. The van der Waals surface area contributed by atoms with Crippen molar-refractivity contribution >= 4 is 27.5 Å². The topological polar surface area (TPSA) is 58.4 Å². The average molecular weight is 335 g/mol. The number of aryl methyl sites for hydroxylation is 1. The molecule has 0 radical (unpaired) electrons. The molecule has 1 aliphatic heterocycles. The lowest BCUT2D eigenvalue weighted by Crippen LogP contribution is -2.43. The zero-order valence-electron chi connectivity index (χ0n) is 14.1. The summed E-state index contributed by atoms with van der Waals surface area (Å²) >= 11 is 1.53. The number of aliphatic hydroxyl groups excluding tert-OH is 1. The Bertz CT molecular complexity index is 702. The van der Waals surface area contributed by atoms with Gasteiger partial charge in [-0.15, -0.1) is 11.3 Å². The smallest absolute Gasteiger partial charge is 0.264 e. The number of carbonyl (C=O) groups excluding carboxylic acids is 1. The molecule has 6 heteroatoms. The van der Waals surface area contributed by atoms with Gasteiger partial charge in [-0.2, -0.15) is 5.10 Å². The van der Waals surface area contributed by atoms with Crippen molar-refractivity contribution in [3.05, 3.63) is 16.6 Å². The molecular weight excluding hydrogens is 310 g/mol. The first-order valence-electron chi connectivity index (χ1n) is 8.41. The Labute approximate surface area is 140 Å². The maximum atomic E-state index is 13.0. The monoisotopic (exact) mass is 335 g/mol. The molecule has 1 amide bonds. The van der Waals surface area contributed by atoms with E-state index in [0.29, 0.717) is 12.3 Å². The van der Waals surface area contributed by atoms with Crippen LogP contribution >= 0.6 is 11.3 Å². The summed E-state index contributed by atoms with van der Waals surface area (Å²) in [6.07, 6.45) is 3.87. The van der Waals surface area contributed by atoms with E-state index in [9.17, 15) is 9.90 Å². The van der Waals surface area contributed by atoms with Gasteiger partial charge < -0.3 is 10.0 Å². The first-order chi connectivity index (χ1) is 11.0. The number of nitrogens with zero attached hydrogens (tertiary/aromatic N) is 3. The van der Waals surface area contributed by atoms with E-state index in [1.807, 2.05) is 22.7 Å². The molecule has 0 aliphatic carbocycles. The third-order valence-electron chi connectivity index (χ3n) is 4.65. The minimum absolute atomic E-state index is 0.110. The lowest BCUT2D eigenvalue weighted by molar-refractivity contribution is 0.0579. The van der Waals surface area contributed by atoms with Gasteiger partial charge in [-0.1, -0.05) is 13.8 Å². The maximum Gasteiger partial charge on any atom is 0.264 e. The van der Waals surface area contributed by atoms with Crippen LogP contribution in [0.4, 0.5) is 0 Å². The molecule has 2 aromatic rings. The van der Waals surface area contributed by atoms with Crippen LogP contribution in [0.3, 0.4) is 0 Å². The normalized spacial score (nSPS) is 19.0. The fourth-order valence-electron chi connectivity index (χ4n) is 3.46. The van der Waals surface area contributed by atoms with E-state index in [-0.39, 0.29) is 18.6 Å². The van der Waals surface area contributed by atoms with E-state index in [1.165, 1.54) is 11.3 Å². The zero-order chi connectivity index (χ0) is 16.6. The van der Waals surface area contributed by atoms with Crippen molar-refractivity contribution in [1.29, 1.82) is 0 Å². The predicted octanol–water partition coefficient (Wildman–Crippen LogP) is 3.14. The number of carbonyl (C=O) groups is 1. The van der Waals surface area contributed by atoms with Gasteiger partial charge in [0, 0.05) is 31.6 Å². The molecule has 0 aromatic carbocycles. The van der Waals surface area contributed by atoms with Crippen molar-refractivity contribution in [3.63, 3.8) is 0 Å². The second-order valence-corrected chi connectivity index (χ2v) is 7.68. The third-order valence-corrected chi connectivity index (χ3v) is 5.84. The first kappa shape index (κ1) is 16.5. The number of fused-ring (bicyclic) bond motifs is 1. The summed E-state index contributed by atoms with van der Waals surface area (Å²) in [5.74, 6) is 0.451. The highest BCUT2D eigenvalue weighted by Gasteiger charge is 2.29. The van der Waals surface area contributed by atoms with E-state index in [1.54, 1.807) is 0 Å². The minimum Gasteiger partial charge on any atom is -0.396 e. The van der Waals surface area contributed by atoms with Gasteiger partial charge in [0.25, 0.3) is 5.91 Å². The van der Waals surface area contributed by atoms with Crippen LogP contribution < -0.4 is 0 Å². The first-order valence-corrected chi connectivity index (χ1v) is 9.22. The Morgan fingerprint density at radius 3 is 2.96 bits per heavy atom. The number of likely N-dealkylation sites (tertiary alicyclic amines) is 1. The second kappa shape index (κ2) is 6.61. The van der Waals surface area contributed by atoms with Crippen LogP contribution in [0.2, 0.25) is 0 Å². The van der Waals surface area contributed by atoms with Crippen molar-refractivity contribution in [2.24, 2.45) is 7.05 Å². The summed E-state index contributed by atoms with van der Waals surface area (Å²) in [5.41, 5.74) is 1.06. The Balaban J connectivity index is 1.92. The predicted molar refractivity (Wildman–Crippen MR) is 93.1 cm³/mol. The van der Waals surface area contributed by atoms with Gasteiger partial charge in [-0.25, -0.2) is 0 Å². The van der Waals surface area contributed by atoms with Gasteiger partial charge in [0.1, 0.15) is 4.83 Å². The quantitative estimate of drug-likeness (QED) is 0.934. The van der Waals surface area contributed by atoms with E-state index >= 15 is 0 Å². The highest BCUT2D eigenvalue weighted by Crippen LogP contribution is 2.33. The molecule has 1 N–H and O–H groups in total. The highest BCUT2D eigenvalue weighted by atomic mass is 32.1. The van der Waals surface area contributed by atoms with Crippen molar-refractivity contribution < 1.29 is 9.90 Å². The molecule has 1 fully saturated rings. The number of hydrogen-bond acceptors (Lipinski definition) is 4. The molecule has 0 bridgehead atoms. The van der Waals surface area contributed by atoms with Crippen molar-refractivity contribution in [2.45, 2.75) is 51.5 Å². The van der Waals surface area contributed by atoms with Crippen LogP contribution in [0.15, 0.2) is 6.07 Å². The number of piperidine rings is 1. The Morgan fingerprint density at radius 1 is 1.48 bits per heavy atom. The molecule has 23 heavy (non-hydrogen) atoms. The van der Waals surface area contributed by atoms with E-state index in [4.69, 9.17) is 0 Å². The van der Waals surface area contributed by atoms with Crippen molar-refractivity contribution in [2.75, 3.05) is 13.2 Å². The maximum absolute atomic E-state index is 13.0. The van der Waals surface area contributed by atoms with E-state index in [2.05, 4.69) is 18.9 Å². The fourth-order valence-corrected chi connectivity index (χ4v) is 4.49. The molecule has 0 saturated carbocycles. The lowest BCUT2D eigenvalue weighted by Gasteiger charge is -2.35. The summed E-state index contributed by atoms with van der Waals surface area (Å²) < 4.78 is 1.88. The molecular formula is C17H25N3O2S. The van der Waals surface area contributed by atoms with Gasteiger partial charge >= 0.3 is 0 Å². The van der Waals surface area contributed by atoms with Gasteiger partial charge in [0.2, 0.25) is 0 Å². The summed E-state index contributed by atoms with van der Waals surface area (Å²) in [6.45, 7) is 5.20. The molecule has 1 unspecified atom stereocenters. The number of hydrogen-bond donors (Lipinski definition) is 1. The lowest BCUT2D eigenvalue weighted by atomic mass is 9.99. The molecule has 1 saturated heterocycles. The molecule has 126 valence electrons. The van der Waals surface area contributed by atoms with Gasteiger partial charge in [0.05, 0.1) is 10.6 Å². The summed E-state index contributed by atoms with van der Waals surface area (Å²) in [6, 6.07) is 2.18. The molecule has 5 nitrogen and oxygen atoms in total. The highest BCUT2D eigenvalue weighted by molar-refractivity contribution is 7.20. The van der Waals surface area contributed by atoms with Crippen LogP contribution in [0, 0.1) is 0 Å². The molecule has 0 spiro atoms. The Hall–Kier alpha value is -1.40. The standard InChI is InChI=1S/C17H25N3O2S/c1-11(2)15-13-10-14(23-17(13)19(3)18-15)16(22)20-8-5-4-6-12(20)7-9-21/h10-12,21H,4-9H2,1-3H3. The zero-order valence-corrected chi connectivity index (χ0v) is 14.9. The van der Waals surface area contributed by atoms with Gasteiger partial charge in [-0.05, 0) is 37.7 Å². The molecule has 1 aliphatic rings. The van der Waals surface area contributed by atoms with Crippen molar-refractivity contribution in [3.8, 4) is 0 Å². The largest absolute Gasteiger partial charge is 0.396 e. The number of thiophene rings is 1. The molecule has 3 rings (SSSR count). The summed E-state index contributed by atoms with van der Waals surface area (Å²) in [7, 11) is 1.94. The number of rotatable bonds is 4. The number of aromatic nitrogens is 2.